The average Bonchev–Trinajstić information content (AvgIpc) is 2.27. The van der Waals surface area contributed by atoms with Gasteiger partial charge in [0.2, 0.25) is 5.91 Å². The lowest BCUT2D eigenvalue weighted by Gasteiger charge is -2.37. The van der Waals surface area contributed by atoms with E-state index in [1.807, 2.05) is 18.7 Å². The summed E-state index contributed by atoms with van der Waals surface area (Å²) in [5.41, 5.74) is 6.56. The SMILES string of the molecule is C=C(C)N1CCN(C(=O)C(C)CN)CC1. The van der Waals surface area contributed by atoms with Gasteiger partial charge in [-0.1, -0.05) is 13.5 Å². The fraction of sp³-hybridized carbons (Fsp3) is 0.727. The van der Waals surface area contributed by atoms with Crippen molar-refractivity contribution >= 4 is 5.91 Å². The molecule has 4 nitrogen and oxygen atoms in total. The van der Waals surface area contributed by atoms with E-state index in [0.717, 1.165) is 31.9 Å². The molecule has 0 bridgehead atoms. The molecule has 0 spiro atoms. The van der Waals surface area contributed by atoms with Gasteiger partial charge in [-0.2, -0.15) is 0 Å². The number of allylic oxidation sites excluding steroid dienone is 1. The molecule has 0 saturated carbocycles. The molecule has 1 amide bonds. The van der Waals surface area contributed by atoms with Crippen LogP contribution < -0.4 is 5.73 Å². The summed E-state index contributed by atoms with van der Waals surface area (Å²) in [5, 5.41) is 0. The van der Waals surface area contributed by atoms with Crippen LogP contribution in [-0.4, -0.2) is 48.4 Å². The highest BCUT2D eigenvalue weighted by Crippen LogP contribution is 2.09. The molecule has 1 aliphatic heterocycles. The zero-order valence-corrected chi connectivity index (χ0v) is 9.70. The zero-order chi connectivity index (χ0) is 11.4. The first-order valence-electron chi connectivity index (χ1n) is 5.45. The van der Waals surface area contributed by atoms with Crippen molar-refractivity contribution in [2.24, 2.45) is 11.7 Å². The molecule has 0 aliphatic carbocycles. The average molecular weight is 211 g/mol. The van der Waals surface area contributed by atoms with E-state index in [2.05, 4.69) is 11.5 Å². The Morgan fingerprint density at radius 3 is 2.20 bits per heavy atom. The molecule has 86 valence electrons. The van der Waals surface area contributed by atoms with E-state index in [4.69, 9.17) is 5.73 Å². The molecule has 1 heterocycles. The van der Waals surface area contributed by atoms with Gasteiger partial charge in [0.25, 0.3) is 0 Å². The highest BCUT2D eigenvalue weighted by molar-refractivity contribution is 5.78. The third-order valence-corrected chi connectivity index (χ3v) is 2.91. The van der Waals surface area contributed by atoms with Crippen LogP contribution in [0.5, 0.6) is 0 Å². The molecule has 1 saturated heterocycles. The Bertz CT molecular complexity index is 244. The first-order chi connectivity index (χ1) is 7.06. The van der Waals surface area contributed by atoms with Gasteiger partial charge in [-0.05, 0) is 6.92 Å². The lowest BCUT2D eigenvalue weighted by molar-refractivity contribution is -0.136. The lowest BCUT2D eigenvalue weighted by atomic mass is 10.1. The van der Waals surface area contributed by atoms with Crippen molar-refractivity contribution in [3.8, 4) is 0 Å². The van der Waals surface area contributed by atoms with Crippen molar-refractivity contribution in [1.29, 1.82) is 0 Å². The fourth-order valence-electron chi connectivity index (χ4n) is 1.72. The molecule has 0 aromatic carbocycles. The van der Waals surface area contributed by atoms with Gasteiger partial charge in [-0.25, -0.2) is 0 Å². The summed E-state index contributed by atoms with van der Waals surface area (Å²) in [6.07, 6.45) is 0. The van der Waals surface area contributed by atoms with E-state index >= 15 is 0 Å². The minimum atomic E-state index is -0.0543. The summed E-state index contributed by atoms with van der Waals surface area (Å²) in [7, 11) is 0. The van der Waals surface area contributed by atoms with Crippen LogP contribution >= 0.6 is 0 Å². The van der Waals surface area contributed by atoms with Crippen molar-refractivity contribution in [2.75, 3.05) is 32.7 Å². The molecule has 1 atom stereocenters. The van der Waals surface area contributed by atoms with E-state index in [1.54, 1.807) is 0 Å². The van der Waals surface area contributed by atoms with Crippen LogP contribution in [0, 0.1) is 5.92 Å². The van der Waals surface area contributed by atoms with Crippen LogP contribution in [-0.2, 0) is 4.79 Å². The Morgan fingerprint density at radius 1 is 1.33 bits per heavy atom. The Kier molecular flexibility index (Phi) is 4.15. The maximum atomic E-state index is 11.8. The minimum absolute atomic E-state index is 0.0543. The number of hydrogen-bond acceptors (Lipinski definition) is 3. The standard InChI is InChI=1S/C11H21N3O/c1-9(2)13-4-6-14(7-5-13)11(15)10(3)8-12/h10H,1,4-8,12H2,2-3H3. The number of nitrogens with zero attached hydrogens (tertiary/aromatic N) is 2. The smallest absolute Gasteiger partial charge is 0.226 e. The number of amides is 1. The number of carbonyl (C=O) groups is 1. The molecule has 1 rings (SSSR count). The van der Waals surface area contributed by atoms with Gasteiger partial charge >= 0.3 is 0 Å². The topological polar surface area (TPSA) is 49.6 Å². The van der Waals surface area contributed by atoms with E-state index in [0.29, 0.717) is 6.54 Å². The van der Waals surface area contributed by atoms with Gasteiger partial charge in [0.05, 0.1) is 0 Å². The number of piperazine rings is 1. The Morgan fingerprint density at radius 2 is 1.80 bits per heavy atom. The van der Waals surface area contributed by atoms with Crippen LogP contribution in [0.15, 0.2) is 12.3 Å². The third kappa shape index (κ3) is 2.96. The van der Waals surface area contributed by atoms with Crippen LogP contribution in [0.25, 0.3) is 0 Å². The predicted molar refractivity (Wildman–Crippen MR) is 61.2 cm³/mol. The summed E-state index contributed by atoms with van der Waals surface area (Å²) in [6, 6.07) is 0. The van der Waals surface area contributed by atoms with Crippen molar-refractivity contribution in [2.45, 2.75) is 13.8 Å². The Labute approximate surface area is 91.7 Å². The Balaban J connectivity index is 2.43. The van der Waals surface area contributed by atoms with Gasteiger partial charge < -0.3 is 15.5 Å². The molecule has 0 radical (unpaired) electrons. The number of rotatable bonds is 3. The second kappa shape index (κ2) is 5.16. The van der Waals surface area contributed by atoms with Gasteiger partial charge in [0, 0.05) is 44.3 Å². The molecule has 0 aromatic rings. The molecular formula is C11H21N3O. The van der Waals surface area contributed by atoms with Crippen molar-refractivity contribution in [3.05, 3.63) is 12.3 Å². The first kappa shape index (κ1) is 12.0. The number of nitrogens with two attached hydrogens (primary N) is 1. The first-order valence-corrected chi connectivity index (χ1v) is 5.45. The van der Waals surface area contributed by atoms with Crippen molar-refractivity contribution in [3.63, 3.8) is 0 Å². The highest BCUT2D eigenvalue weighted by Gasteiger charge is 2.23. The van der Waals surface area contributed by atoms with Crippen LogP contribution in [0.3, 0.4) is 0 Å². The summed E-state index contributed by atoms with van der Waals surface area (Å²) in [5.74, 6) is 0.125. The summed E-state index contributed by atoms with van der Waals surface area (Å²) in [4.78, 5) is 15.9. The van der Waals surface area contributed by atoms with Gasteiger partial charge in [-0.15, -0.1) is 0 Å². The zero-order valence-electron chi connectivity index (χ0n) is 9.70. The molecule has 1 fully saturated rings. The van der Waals surface area contributed by atoms with E-state index in [1.165, 1.54) is 0 Å². The Hall–Kier alpha value is -1.03. The monoisotopic (exact) mass is 211 g/mol. The van der Waals surface area contributed by atoms with E-state index in [9.17, 15) is 4.79 Å². The van der Waals surface area contributed by atoms with Crippen LogP contribution in [0.2, 0.25) is 0 Å². The normalized spacial score (nSPS) is 18.9. The molecule has 1 unspecified atom stereocenters. The second-order valence-electron chi connectivity index (χ2n) is 4.18. The quantitative estimate of drug-likeness (QED) is 0.728. The number of hydrogen-bond donors (Lipinski definition) is 1. The second-order valence-corrected chi connectivity index (χ2v) is 4.18. The molecular weight excluding hydrogens is 190 g/mol. The molecule has 0 aromatic heterocycles. The largest absolute Gasteiger partial charge is 0.372 e. The maximum absolute atomic E-state index is 11.8. The minimum Gasteiger partial charge on any atom is -0.372 e. The maximum Gasteiger partial charge on any atom is 0.226 e. The van der Waals surface area contributed by atoms with E-state index < -0.39 is 0 Å². The predicted octanol–water partition coefficient (Wildman–Crippen LogP) is 0.259. The summed E-state index contributed by atoms with van der Waals surface area (Å²) >= 11 is 0. The summed E-state index contributed by atoms with van der Waals surface area (Å²) in [6.45, 7) is 11.6. The van der Waals surface area contributed by atoms with Crippen LogP contribution in [0.4, 0.5) is 0 Å². The van der Waals surface area contributed by atoms with Crippen LogP contribution in [0.1, 0.15) is 13.8 Å². The fourth-order valence-corrected chi connectivity index (χ4v) is 1.72. The highest BCUT2D eigenvalue weighted by atomic mass is 16.2. The molecule has 4 heteroatoms. The van der Waals surface area contributed by atoms with Crippen molar-refractivity contribution < 1.29 is 4.79 Å². The number of carbonyl (C=O) groups excluding carboxylic acids is 1. The third-order valence-electron chi connectivity index (χ3n) is 2.91. The van der Waals surface area contributed by atoms with Gasteiger partial charge in [0.15, 0.2) is 0 Å². The van der Waals surface area contributed by atoms with Crippen molar-refractivity contribution in [1.82, 2.24) is 9.80 Å². The van der Waals surface area contributed by atoms with Gasteiger partial charge in [0.1, 0.15) is 0 Å². The van der Waals surface area contributed by atoms with Gasteiger partial charge in [-0.3, -0.25) is 4.79 Å². The summed E-state index contributed by atoms with van der Waals surface area (Å²) < 4.78 is 0. The molecule has 2 N–H and O–H groups in total. The lowest BCUT2D eigenvalue weighted by Crippen LogP contribution is -2.50. The van der Waals surface area contributed by atoms with E-state index in [-0.39, 0.29) is 11.8 Å². The molecule has 15 heavy (non-hydrogen) atoms. The molecule has 1 aliphatic rings.